The lowest BCUT2D eigenvalue weighted by Gasteiger charge is -2.35. The van der Waals surface area contributed by atoms with E-state index in [9.17, 15) is 4.79 Å². The van der Waals surface area contributed by atoms with Crippen LogP contribution in [0.25, 0.3) is 10.9 Å². The quantitative estimate of drug-likeness (QED) is 0.415. The van der Waals surface area contributed by atoms with Crippen molar-refractivity contribution in [2.45, 2.75) is 12.5 Å². The van der Waals surface area contributed by atoms with Crippen molar-refractivity contribution in [2.75, 3.05) is 20.2 Å². The number of nitrogens with one attached hydrogen (secondary N) is 1. The predicted octanol–water partition coefficient (Wildman–Crippen LogP) is 5.66. The molecule has 156 valence electrons. The van der Waals surface area contributed by atoms with Gasteiger partial charge < -0.3 is 9.72 Å². The molecule has 0 fully saturated rings. The van der Waals surface area contributed by atoms with Crippen molar-refractivity contribution in [1.82, 2.24) is 9.88 Å². The number of hydrogen-bond donors (Lipinski definition) is 1. The number of para-hydroxylation sites is 1. The van der Waals surface area contributed by atoms with Gasteiger partial charge in [-0.1, -0.05) is 41.9 Å². The van der Waals surface area contributed by atoms with Crippen molar-refractivity contribution in [1.29, 1.82) is 0 Å². The number of carbonyl (C=O) groups excluding carboxylic acids is 1. The van der Waals surface area contributed by atoms with Crippen LogP contribution in [0.4, 0.5) is 0 Å². The first kappa shape index (κ1) is 19.9. The maximum atomic E-state index is 13.1. The number of Topliss-reactive ketones (excluding diaryl/α,β-unsaturated/α-hetero) is 1. The summed E-state index contributed by atoms with van der Waals surface area (Å²) in [5, 5.41) is 1.90. The summed E-state index contributed by atoms with van der Waals surface area (Å²) in [6.07, 6.45) is 0.903. The summed E-state index contributed by atoms with van der Waals surface area (Å²) in [6, 6.07) is 23.6. The molecular formula is C26H23ClN2O2. The maximum absolute atomic E-state index is 13.1. The molecule has 0 aliphatic carbocycles. The van der Waals surface area contributed by atoms with Gasteiger partial charge in [0.2, 0.25) is 0 Å². The highest BCUT2D eigenvalue weighted by Gasteiger charge is 2.32. The molecule has 2 heterocycles. The van der Waals surface area contributed by atoms with Gasteiger partial charge >= 0.3 is 0 Å². The fourth-order valence-corrected chi connectivity index (χ4v) is 4.66. The number of hydrogen-bond acceptors (Lipinski definition) is 3. The molecule has 0 amide bonds. The highest BCUT2D eigenvalue weighted by atomic mass is 35.5. The maximum Gasteiger partial charge on any atom is 0.176 e. The van der Waals surface area contributed by atoms with Crippen LogP contribution in [-0.4, -0.2) is 35.9 Å². The number of aromatic nitrogens is 1. The van der Waals surface area contributed by atoms with E-state index in [4.69, 9.17) is 16.3 Å². The van der Waals surface area contributed by atoms with Crippen LogP contribution < -0.4 is 4.74 Å². The van der Waals surface area contributed by atoms with Crippen molar-refractivity contribution in [3.63, 3.8) is 0 Å². The van der Waals surface area contributed by atoms with E-state index in [-0.39, 0.29) is 11.8 Å². The number of halogens is 1. The van der Waals surface area contributed by atoms with Crippen molar-refractivity contribution in [2.24, 2.45) is 0 Å². The molecule has 0 spiro atoms. The van der Waals surface area contributed by atoms with E-state index in [1.807, 2.05) is 12.1 Å². The number of ketones is 1. The third-order valence-corrected chi connectivity index (χ3v) is 6.33. The van der Waals surface area contributed by atoms with Gasteiger partial charge in [0.25, 0.3) is 0 Å². The molecule has 4 nitrogen and oxygen atoms in total. The zero-order chi connectivity index (χ0) is 21.4. The summed E-state index contributed by atoms with van der Waals surface area (Å²) >= 11 is 5.99. The minimum absolute atomic E-state index is 0.0293. The summed E-state index contributed by atoms with van der Waals surface area (Å²) in [5.74, 6) is 0.912. The molecule has 0 bridgehead atoms. The summed E-state index contributed by atoms with van der Waals surface area (Å²) < 4.78 is 5.35. The summed E-state index contributed by atoms with van der Waals surface area (Å²) in [7, 11) is 1.67. The second kappa shape index (κ2) is 8.22. The Kier molecular flexibility index (Phi) is 5.26. The van der Waals surface area contributed by atoms with Crippen molar-refractivity contribution in [3.8, 4) is 5.75 Å². The van der Waals surface area contributed by atoms with Crippen LogP contribution in [0.5, 0.6) is 5.75 Å². The third-order valence-electron chi connectivity index (χ3n) is 6.08. The van der Waals surface area contributed by atoms with E-state index in [1.54, 1.807) is 31.4 Å². The van der Waals surface area contributed by atoms with Gasteiger partial charge in [-0.15, -0.1) is 0 Å². The van der Waals surface area contributed by atoms with Crippen LogP contribution in [0.2, 0.25) is 5.02 Å². The van der Waals surface area contributed by atoms with E-state index >= 15 is 0 Å². The Hall–Kier alpha value is -3.08. The van der Waals surface area contributed by atoms with Crippen molar-refractivity contribution in [3.05, 3.63) is 100 Å². The van der Waals surface area contributed by atoms with Crippen LogP contribution in [-0.2, 0) is 6.42 Å². The number of nitrogens with zero attached hydrogens (tertiary/aromatic N) is 1. The second-order valence-electron chi connectivity index (χ2n) is 7.89. The molecule has 1 aliphatic rings. The standard InChI is InChI=1S/C26H23ClN2O2/c1-31-20-12-8-18(9-13-20)26-25-22(21-4-2-3-5-23(21)28-25)14-15-29(26)16-24(30)17-6-10-19(27)11-7-17/h2-13,26,28H,14-16H2,1H3/t26-/m0/s1. The number of benzene rings is 3. The average molecular weight is 431 g/mol. The van der Waals surface area contributed by atoms with Gasteiger partial charge in [-0.05, 0) is 60.0 Å². The molecule has 5 heteroatoms. The lowest BCUT2D eigenvalue weighted by Crippen LogP contribution is -2.39. The van der Waals surface area contributed by atoms with E-state index in [0.29, 0.717) is 17.1 Å². The smallest absolute Gasteiger partial charge is 0.176 e. The molecular weight excluding hydrogens is 408 g/mol. The average Bonchev–Trinajstić information content (AvgIpc) is 3.18. The molecule has 1 aliphatic heterocycles. The molecule has 31 heavy (non-hydrogen) atoms. The molecule has 0 unspecified atom stereocenters. The lowest BCUT2D eigenvalue weighted by atomic mass is 9.92. The van der Waals surface area contributed by atoms with Gasteiger partial charge in [-0.3, -0.25) is 9.69 Å². The van der Waals surface area contributed by atoms with Crippen LogP contribution in [0, 0.1) is 0 Å². The Morgan fingerprint density at radius 3 is 2.55 bits per heavy atom. The minimum Gasteiger partial charge on any atom is -0.497 e. The molecule has 4 aromatic rings. The third kappa shape index (κ3) is 3.73. The molecule has 0 saturated heterocycles. The summed E-state index contributed by atoms with van der Waals surface area (Å²) in [4.78, 5) is 19.0. The number of carbonyl (C=O) groups is 1. The molecule has 5 rings (SSSR count). The van der Waals surface area contributed by atoms with Crippen molar-refractivity contribution < 1.29 is 9.53 Å². The summed E-state index contributed by atoms with van der Waals surface area (Å²) in [5.41, 5.74) is 5.46. The number of methoxy groups -OCH3 is 1. The van der Waals surface area contributed by atoms with Crippen LogP contribution >= 0.6 is 11.6 Å². The van der Waals surface area contributed by atoms with E-state index in [2.05, 4.69) is 46.3 Å². The fraction of sp³-hybridized carbons (Fsp3) is 0.192. The van der Waals surface area contributed by atoms with Crippen LogP contribution in [0.3, 0.4) is 0 Å². The Balaban J connectivity index is 1.54. The van der Waals surface area contributed by atoms with Crippen LogP contribution in [0.15, 0.2) is 72.8 Å². The van der Waals surface area contributed by atoms with Gasteiger partial charge in [-0.2, -0.15) is 0 Å². The fourth-order valence-electron chi connectivity index (χ4n) is 4.54. The Morgan fingerprint density at radius 2 is 1.81 bits per heavy atom. The molecule has 1 aromatic heterocycles. The largest absolute Gasteiger partial charge is 0.497 e. The lowest BCUT2D eigenvalue weighted by molar-refractivity contribution is 0.0899. The van der Waals surface area contributed by atoms with Gasteiger partial charge in [0, 0.05) is 33.7 Å². The molecule has 1 atom stereocenters. The monoisotopic (exact) mass is 430 g/mol. The Labute approximate surface area is 186 Å². The number of ether oxygens (including phenoxy) is 1. The first-order valence-electron chi connectivity index (χ1n) is 10.4. The highest BCUT2D eigenvalue weighted by Crippen LogP contribution is 2.38. The number of aromatic amines is 1. The van der Waals surface area contributed by atoms with Gasteiger partial charge in [0.1, 0.15) is 5.75 Å². The van der Waals surface area contributed by atoms with E-state index < -0.39 is 0 Å². The van der Waals surface area contributed by atoms with E-state index in [1.165, 1.54) is 16.6 Å². The molecule has 0 saturated carbocycles. The van der Waals surface area contributed by atoms with E-state index in [0.717, 1.165) is 29.8 Å². The van der Waals surface area contributed by atoms with Crippen LogP contribution in [0.1, 0.15) is 33.2 Å². The first-order valence-corrected chi connectivity index (χ1v) is 10.8. The van der Waals surface area contributed by atoms with Gasteiger partial charge in [0.05, 0.1) is 19.7 Å². The minimum atomic E-state index is -0.0293. The molecule has 1 N–H and O–H groups in total. The normalized spacial score (nSPS) is 16.3. The Bertz CT molecular complexity index is 1230. The zero-order valence-corrected chi connectivity index (χ0v) is 18.0. The van der Waals surface area contributed by atoms with Crippen molar-refractivity contribution >= 4 is 28.3 Å². The number of rotatable bonds is 5. The number of fused-ring (bicyclic) bond motifs is 3. The number of H-pyrrole nitrogens is 1. The SMILES string of the molecule is COc1ccc([C@H]2c3[nH]c4ccccc4c3CCN2CC(=O)c2ccc(Cl)cc2)cc1. The molecule has 0 radical (unpaired) electrons. The topological polar surface area (TPSA) is 45.3 Å². The molecule has 3 aromatic carbocycles. The first-order chi connectivity index (χ1) is 15.1. The van der Waals surface area contributed by atoms with Gasteiger partial charge in [-0.25, -0.2) is 0 Å². The zero-order valence-electron chi connectivity index (χ0n) is 17.3. The second-order valence-corrected chi connectivity index (χ2v) is 8.33. The summed E-state index contributed by atoms with van der Waals surface area (Å²) in [6.45, 7) is 1.15. The van der Waals surface area contributed by atoms with Gasteiger partial charge in [0.15, 0.2) is 5.78 Å². The predicted molar refractivity (Wildman–Crippen MR) is 124 cm³/mol. The highest BCUT2D eigenvalue weighted by molar-refractivity contribution is 6.30. The Morgan fingerprint density at radius 1 is 1.06 bits per heavy atom.